The van der Waals surface area contributed by atoms with E-state index in [1.165, 1.54) is 19.5 Å². The number of benzene rings is 1. The summed E-state index contributed by atoms with van der Waals surface area (Å²) < 4.78 is 19.0. The van der Waals surface area contributed by atoms with Crippen LogP contribution in [0.5, 0.6) is 5.75 Å². The molecule has 0 N–H and O–H groups in total. The summed E-state index contributed by atoms with van der Waals surface area (Å²) in [4.78, 5) is 13.4. The van der Waals surface area contributed by atoms with Crippen LogP contribution in [0.25, 0.3) is 10.9 Å². The van der Waals surface area contributed by atoms with Gasteiger partial charge in [-0.1, -0.05) is 13.8 Å². The molecule has 1 fully saturated rings. The second kappa shape index (κ2) is 7.30. The second-order valence-corrected chi connectivity index (χ2v) is 6.29. The number of aromatic nitrogens is 2. The van der Waals surface area contributed by atoms with Gasteiger partial charge in [0.2, 0.25) is 0 Å². The standard InChI is InChI=1S/C18H25FN4O/c1-4-22(5-2)10-13-6-7-23(11-13)18-14-8-17(24-3)15(19)9-16(14)20-12-21-18/h8-9,12-13H,4-7,10-11H2,1-3H3. The molecule has 1 saturated heterocycles. The van der Waals surface area contributed by atoms with Gasteiger partial charge >= 0.3 is 0 Å². The van der Waals surface area contributed by atoms with Crippen LogP contribution in [0.4, 0.5) is 10.2 Å². The maximum atomic E-state index is 13.9. The number of ether oxygens (including phenoxy) is 1. The van der Waals surface area contributed by atoms with Crippen molar-refractivity contribution in [2.45, 2.75) is 20.3 Å². The number of hydrogen-bond donors (Lipinski definition) is 0. The summed E-state index contributed by atoms with van der Waals surface area (Å²) in [6.45, 7) is 9.63. The Balaban J connectivity index is 1.85. The van der Waals surface area contributed by atoms with Crippen molar-refractivity contribution in [1.29, 1.82) is 0 Å². The lowest BCUT2D eigenvalue weighted by molar-refractivity contribution is 0.261. The predicted octanol–water partition coefficient (Wildman–Crippen LogP) is 2.95. The molecule has 6 heteroatoms. The molecule has 0 saturated carbocycles. The molecule has 24 heavy (non-hydrogen) atoms. The van der Waals surface area contributed by atoms with Gasteiger partial charge in [-0.2, -0.15) is 0 Å². The molecule has 2 heterocycles. The molecule has 0 radical (unpaired) electrons. The Morgan fingerprint density at radius 2 is 2.08 bits per heavy atom. The quantitative estimate of drug-likeness (QED) is 0.813. The molecular formula is C18H25FN4O. The first-order valence-corrected chi connectivity index (χ1v) is 8.61. The van der Waals surface area contributed by atoms with E-state index in [0.717, 1.165) is 50.3 Å². The average molecular weight is 332 g/mol. The van der Waals surface area contributed by atoms with Crippen LogP contribution in [0.3, 0.4) is 0 Å². The van der Waals surface area contributed by atoms with E-state index >= 15 is 0 Å². The van der Waals surface area contributed by atoms with Crippen LogP contribution in [0.15, 0.2) is 18.5 Å². The van der Waals surface area contributed by atoms with Gasteiger partial charge in [-0.25, -0.2) is 14.4 Å². The summed E-state index contributed by atoms with van der Waals surface area (Å²) in [6.07, 6.45) is 2.67. The molecule has 1 aromatic heterocycles. The van der Waals surface area contributed by atoms with Gasteiger partial charge in [-0.05, 0) is 31.5 Å². The third kappa shape index (κ3) is 3.29. The fraction of sp³-hybridized carbons (Fsp3) is 0.556. The molecule has 130 valence electrons. The first-order chi connectivity index (χ1) is 11.7. The van der Waals surface area contributed by atoms with Gasteiger partial charge in [-0.15, -0.1) is 0 Å². The zero-order valence-corrected chi connectivity index (χ0v) is 14.6. The Kier molecular flexibility index (Phi) is 5.14. The normalized spacial score (nSPS) is 17.9. The van der Waals surface area contributed by atoms with Gasteiger partial charge in [0.1, 0.15) is 12.1 Å². The van der Waals surface area contributed by atoms with Crippen LogP contribution in [0.1, 0.15) is 20.3 Å². The Bertz CT molecular complexity index is 705. The van der Waals surface area contributed by atoms with Gasteiger partial charge in [0.25, 0.3) is 0 Å². The Morgan fingerprint density at radius 3 is 2.79 bits per heavy atom. The van der Waals surface area contributed by atoms with Crippen molar-refractivity contribution >= 4 is 16.7 Å². The van der Waals surface area contributed by atoms with Gasteiger partial charge in [-0.3, -0.25) is 0 Å². The zero-order chi connectivity index (χ0) is 17.1. The third-order valence-corrected chi connectivity index (χ3v) is 4.88. The fourth-order valence-corrected chi connectivity index (χ4v) is 3.47. The van der Waals surface area contributed by atoms with Crippen molar-refractivity contribution in [3.05, 3.63) is 24.3 Å². The highest BCUT2D eigenvalue weighted by Crippen LogP contribution is 2.32. The second-order valence-electron chi connectivity index (χ2n) is 6.29. The van der Waals surface area contributed by atoms with E-state index in [4.69, 9.17) is 4.74 Å². The summed E-state index contributed by atoms with van der Waals surface area (Å²) in [5.74, 6) is 1.35. The molecule has 1 unspecified atom stereocenters. The Hall–Kier alpha value is -1.95. The average Bonchev–Trinajstić information content (AvgIpc) is 3.06. The van der Waals surface area contributed by atoms with Gasteiger partial charge in [0.15, 0.2) is 11.6 Å². The van der Waals surface area contributed by atoms with E-state index in [9.17, 15) is 4.39 Å². The van der Waals surface area contributed by atoms with E-state index in [0.29, 0.717) is 11.4 Å². The van der Waals surface area contributed by atoms with Crippen molar-refractivity contribution < 1.29 is 9.13 Å². The largest absolute Gasteiger partial charge is 0.494 e. The summed E-state index contributed by atoms with van der Waals surface area (Å²) in [5, 5.41) is 0.847. The number of anilines is 1. The molecule has 2 aromatic rings. The van der Waals surface area contributed by atoms with Crippen molar-refractivity contribution in [3.63, 3.8) is 0 Å². The van der Waals surface area contributed by atoms with Gasteiger partial charge in [0.05, 0.1) is 12.6 Å². The number of nitrogens with zero attached hydrogens (tertiary/aromatic N) is 4. The summed E-state index contributed by atoms with van der Waals surface area (Å²) in [7, 11) is 1.48. The third-order valence-electron chi connectivity index (χ3n) is 4.88. The zero-order valence-electron chi connectivity index (χ0n) is 14.6. The van der Waals surface area contributed by atoms with Gasteiger partial charge in [0, 0.05) is 31.1 Å². The first-order valence-electron chi connectivity index (χ1n) is 8.61. The van der Waals surface area contributed by atoms with E-state index in [1.54, 1.807) is 6.07 Å². The summed E-state index contributed by atoms with van der Waals surface area (Å²) in [5.41, 5.74) is 0.616. The van der Waals surface area contributed by atoms with Crippen molar-refractivity contribution in [1.82, 2.24) is 14.9 Å². The molecule has 0 bridgehead atoms. The minimum atomic E-state index is -0.393. The van der Waals surface area contributed by atoms with E-state index in [1.807, 2.05) is 0 Å². The molecule has 0 spiro atoms. The van der Waals surface area contributed by atoms with Crippen LogP contribution < -0.4 is 9.64 Å². The lowest BCUT2D eigenvalue weighted by Crippen LogP contribution is -2.31. The van der Waals surface area contributed by atoms with Crippen molar-refractivity contribution in [2.24, 2.45) is 5.92 Å². The topological polar surface area (TPSA) is 41.5 Å². The van der Waals surface area contributed by atoms with E-state index in [-0.39, 0.29) is 5.75 Å². The van der Waals surface area contributed by atoms with Crippen LogP contribution in [0.2, 0.25) is 0 Å². The monoisotopic (exact) mass is 332 g/mol. The molecule has 5 nitrogen and oxygen atoms in total. The van der Waals surface area contributed by atoms with Crippen molar-refractivity contribution in [3.8, 4) is 5.75 Å². The van der Waals surface area contributed by atoms with E-state index in [2.05, 4.69) is 33.6 Å². The minimum absolute atomic E-state index is 0.234. The molecule has 3 rings (SSSR count). The molecule has 0 aliphatic carbocycles. The Labute approximate surface area is 142 Å². The lowest BCUT2D eigenvalue weighted by Gasteiger charge is -2.23. The maximum Gasteiger partial charge on any atom is 0.167 e. The SMILES string of the molecule is CCN(CC)CC1CCN(c2ncnc3cc(F)c(OC)cc23)C1. The summed E-state index contributed by atoms with van der Waals surface area (Å²) in [6, 6.07) is 3.13. The number of rotatable bonds is 6. The maximum absolute atomic E-state index is 13.9. The highest BCUT2D eigenvalue weighted by atomic mass is 19.1. The number of hydrogen-bond acceptors (Lipinski definition) is 5. The number of halogens is 1. The molecule has 1 aliphatic heterocycles. The van der Waals surface area contributed by atoms with Crippen LogP contribution >= 0.6 is 0 Å². The number of fused-ring (bicyclic) bond motifs is 1. The first kappa shape index (κ1) is 16.9. The van der Waals surface area contributed by atoms with Crippen LogP contribution in [-0.4, -0.2) is 54.7 Å². The lowest BCUT2D eigenvalue weighted by atomic mass is 10.1. The van der Waals surface area contributed by atoms with Crippen LogP contribution in [-0.2, 0) is 0 Å². The fourth-order valence-electron chi connectivity index (χ4n) is 3.47. The minimum Gasteiger partial charge on any atom is -0.494 e. The molecule has 1 aromatic carbocycles. The van der Waals surface area contributed by atoms with Gasteiger partial charge < -0.3 is 14.5 Å². The van der Waals surface area contributed by atoms with E-state index < -0.39 is 5.82 Å². The molecular weight excluding hydrogens is 307 g/mol. The van der Waals surface area contributed by atoms with Crippen LogP contribution in [0, 0.1) is 11.7 Å². The summed E-state index contributed by atoms with van der Waals surface area (Å²) >= 11 is 0. The molecule has 1 aliphatic rings. The highest BCUT2D eigenvalue weighted by molar-refractivity contribution is 5.90. The predicted molar refractivity (Wildman–Crippen MR) is 94.2 cm³/mol. The van der Waals surface area contributed by atoms with Crippen molar-refractivity contribution in [2.75, 3.05) is 44.7 Å². The molecule has 0 amide bonds. The number of methoxy groups -OCH3 is 1. The highest BCUT2D eigenvalue weighted by Gasteiger charge is 2.26. The Morgan fingerprint density at radius 1 is 1.29 bits per heavy atom. The molecule has 1 atom stereocenters. The smallest absolute Gasteiger partial charge is 0.167 e.